The fourth-order valence-electron chi connectivity index (χ4n) is 1.63. The lowest BCUT2D eigenvalue weighted by molar-refractivity contribution is 0.426. The van der Waals surface area contributed by atoms with Crippen molar-refractivity contribution in [1.29, 1.82) is 0 Å². The summed E-state index contributed by atoms with van der Waals surface area (Å²) in [4.78, 5) is 0.252. The van der Waals surface area contributed by atoms with Crippen LogP contribution < -0.4 is 5.46 Å². The van der Waals surface area contributed by atoms with E-state index in [-0.39, 0.29) is 4.90 Å². The monoisotopic (exact) mass is 250 g/mol. The summed E-state index contributed by atoms with van der Waals surface area (Å²) in [6.45, 7) is 0. The topological polar surface area (TPSA) is 74.6 Å². The van der Waals surface area contributed by atoms with Crippen LogP contribution in [-0.4, -0.2) is 31.8 Å². The molecule has 0 fully saturated rings. The third-order valence-electron chi connectivity index (χ3n) is 2.56. The van der Waals surface area contributed by atoms with Crippen LogP contribution in [0.25, 0.3) is 10.8 Å². The average Bonchev–Trinajstić information content (AvgIpc) is 2.26. The predicted octanol–water partition coefficient (Wildman–Crippen LogP) is -0.0769. The molecule has 0 aliphatic carbocycles. The normalized spacial score (nSPS) is 11.7. The average molecular weight is 250 g/mol. The standard InChI is InChI=1S/C11H11BO4S/c1-17(15,16)11-5-3-8-6-10(12(13)14)4-2-9(8)7-11/h2-7,13-14H,1H3. The number of rotatable bonds is 2. The van der Waals surface area contributed by atoms with E-state index in [2.05, 4.69) is 0 Å². The van der Waals surface area contributed by atoms with Crippen molar-refractivity contribution in [3.63, 3.8) is 0 Å². The predicted molar refractivity (Wildman–Crippen MR) is 66.9 cm³/mol. The van der Waals surface area contributed by atoms with Crippen LogP contribution in [0.5, 0.6) is 0 Å². The fourth-order valence-corrected chi connectivity index (χ4v) is 2.29. The molecule has 0 aromatic heterocycles. The van der Waals surface area contributed by atoms with Gasteiger partial charge in [-0.1, -0.05) is 24.3 Å². The third-order valence-corrected chi connectivity index (χ3v) is 3.67. The van der Waals surface area contributed by atoms with Gasteiger partial charge in [-0.2, -0.15) is 0 Å². The van der Waals surface area contributed by atoms with Crippen LogP contribution in [0, 0.1) is 0 Å². The van der Waals surface area contributed by atoms with Crippen molar-refractivity contribution in [1.82, 2.24) is 0 Å². The maximum Gasteiger partial charge on any atom is 0.488 e. The van der Waals surface area contributed by atoms with E-state index in [9.17, 15) is 8.42 Å². The van der Waals surface area contributed by atoms with Gasteiger partial charge in [-0.3, -0.25) is 0 Å². The highest BCUT2D eigenvalue weighted by atomic mass is 32.2. The van der Waals surface area contributed by atoms with Crippen LogP contribution in [0.15, 0.2) is 41.3 Å². The maximum atomic E-state index is 11.4. The second kappa shape index (κ2) is 4.14. The Labute approximate surface area is 99.6 Å². The van der Waals surface area contributed by atoms with Crippen molar-refractivity contribution in [3.05, 3.63) is 36.4 Å². The van der Waals surface area contributed by atoms with Crippen molar-refractivity contribution < 1.29 is 18.5 Å². The van der Waals surface area contributed by atoms with E-state index >= 15 is 0 Å². The quantitative estimate of drug-likeness (QED) is 0.731. The lowest BCUT2D eigenvalue weighted by atomic mass is 9.79. The molecule has 0 atom stereocenters. The second-order valence-electron chi connectivity index (χ2n) is 3.91. The molecule has 17 heavy (non-hydrogen) atoms. The zero-order valence-electron chi connectivity index (χ0n) is 9.16. The van der Waals surface area contributed by atoms with E-state index in [1.807, 2.05) is 0 Å². The van der Waals surface area contributed by atoms with Crippen LogP contribution in [0.2, 0.25) is 0 Å². The first-order valence-corrected chi connectivity index (χ1v) is 6.87. The second-order valence-corrected chi connectivity index (χ2v) is 5.93. The Balaban J connectivity index is 2.62. The molecule has 2 rings (SSSR count). The van der Waals surface area contributed by atoms with Crippen LogP contribution in [-0.2, 0) is 9.84 Å². The summed E-state index contributed by atoms with van der Waals surface area (Å²) in [5, 5.41) is 19.6. The van der Waals surface area contributed by atoms with Crippen molar-refractivity contribution in [2.75, 3.05) is 6.26 Å². The van der Waals surface area contributed by atoms with Crippen molar-refractivity contribution in [3.8, 4) is 0 Å². The summed E-state index contributed by atoms with van der Waals surface area (Å²) in [7, 11) is -4.74. The smallest absolute Gasteiger partial charge is 0.423 e. The molecule has 0 unspecified atom stereocenters. The molecule has 0 heterocycles. The Hall–Kier alpha value is -1.37. The Morgan fingerprint density at radius 1 is 1.00 bits per heavy atom. The minimum Gasteiger partial charge on any atom is -0.423 e. The van der Waals surface area contributed by atoms with Crippen molar-refractivity contribution in [2.45, 2.75) is 4.90 Å². The Bertz CT molecular complexity index is 664. The molecule has 2 aromatic rings. The molecule has 0 saturated carbocycles. The Morgan fingerprint density at radius 3 is 2.18 bits per heavy atom. The highest BCUT2D eigenvalue weighted by Crippen LogP contribution is 2.18. The van der Waals surface area contributed by atoms with Gasteiger partial charge in [0, 0.05) is 6.26 Å². The first-order chi connectivity index (χ1) is 7.88. The van der Waals surface area contributed by atoms with Crippen molar-refractivity contribution >= 4 is 33.2 Å². The zero-order chi connectivity index (χ0) is 12.6. The molecule has 0 bridgehead atoms. The van der Waals surface area contributed by atoms with Gasteiger partial charge in [-0.05, 0) is 28.4 Å². The molecule has 88 valence electrons. The van der Waals surface area contributed by atoms with Gasteiger partial charge in [-0.25, -0.2) is 8.42 Å². The Kier molecular flexibility index (Phi) is 2.95. The van der Waals surface area contributed by atoms with Gasteiger partial charge < -0.3 is 10.0 Å². The highest BCUT2D eigenvalue weighted by Gasteiger charge is 2.12. The summed E-state index contributed by atoms with van der Waals surface area (Å²) >= 11 is 0. The molecule has 0 radical (unpaired) electrons. The van der Waals surface area contributed by atoms with Gasteiger partial charge in [-0.15, -0.1) is 0 Å². The maximum absolute atomic E-state index is 11.4. The number of benzene rings is 2. The molecule has 0 saturated heterocycles. The van der Waals surface area contributed by atoms with Crippen LogP contribution in [0.3, 0.4) is 0 Å². The molecule has 0 aliphatic rings. The summed E-state index contributed by atoms with van der Waals surface area (Å²) in [5.74, 6) is 0. The number of hydrogen-bond donors (Lipinski definition) is 2. The third kappa shape index (κ3) is 2.49. The van der Waals surface area contributed by atoms with Gasteiger partial charge in [0.2, 0.25) is 0 Å². The van der Waals surface area contributed by atoms with Gasteiger partial charge in [0.15, 0.2) is 9.84 Å². The molecular weight excluding hydrogens is 239 g/mol. The van der Waals surface area contributed by atoms with E-state index in [1.165, 1.54) is 6.07 Å². The minimum absolute atomic E-state index is 0.252. The van der Waals surface area contributed by atoms with Crippen molar-refractivity contribution in [2.24, 2.45) is 0 Å². The van der Waals surface area contributed by atoms with Crippen LogP contribution in [0.4, 0.5) is 0 Å². The summed E-state index contributed by atoms with van der Waals surface area (Å²) in [6, 6.07) is 9.56. The van der Waals surface area contributed by atoms with Gasteiger partial charge >= 0.3 is 7.12 Å². The molecular formula is C11H11BO4S. The Morgan fingerprint density at radius 2 is 1.59 bits per heavy atom. The van der Waals surface area contributed by atoms with Gasteiger partial charge in [0.25, 0.3) is 0 Å². The first-order valence-electron chi connectivity index (χ1n) is 4.98. The lowest BCUT2D eigenvalue weighted by Gasteiger charge is -2.04. The molecule has 0 spiro atoms. The van der Waals surface area contributed by atoms with E-state index in [4.69, 9.17) is 10.0 Å². The largest absolute Gasteiger partial charge is 0.488 e. The van der Waals surface area contributed by atoms with E-state index in [0.717, 1.165) is 17.0 Å². The molecule has 0 aliphatic heterocycles. The summed E-state index contributed by atoms with van der Waals surface area (Å²) < 4.78 is 22.7. The van der Waals surface area contributed by atoms with E-state index in [1.54, 1.807) is 30.3 Å². The van der Waals surface area contributed by atoms with E-state index < -0.39 is 17.0 Å². The lowest BCUT2D eigenvalue weighted by Crippen LogP contribution is -2.29. The number of sulfone groups is 1. The number of fused-ring (bicyclic) bond motifs is 1. The summed E-state index contributed by atoms with van der Waals surface area (Å²) in [5.41, 5.74) is 0.379. The molecule has 2 N–H and O–H groups in total. The van der Waals surface area contributed by atoms with Crippen LogP contribution in [0.1, 0.15) is 0 Å². The highest BCUT2D eigenvalue weighted by molar-refractivity contribution is 7.90. The first kappa shape index (κ1) is 12.1. The van der Waals surface area contributed by atoms with E-state index in [0.29, 0.717) is 5.46 Å². The van der Waals surface area contributed by atoms with Gasteiger partial charge in [0.1, 0.15) is 0 Å². The fraction of sp³-hybridized carbons (Fsp3) is 0.0909. The van der Waals surface area contributed by atoms with Crippen LogP contribution >= 0.6 is 0 Å². The summed E-state index contributed by atoms with van der Waals surface area (Å²) in [6.07, 6.45) is 1.15. The minimum atomic E-state index is -3.22. The molecule has 0 amide bonds. The molecule has 2 aromatic carbocycles. The molecule has 6 heteroatoms. The number of hydrogen-bond acceptors (Lipinski definition) is 4. The zero-order valence-corrected chi connectivity index (χ0v) is 9.98. The SMILES string of the molecule is CS(=O)(=O)c1ccc2cc(B(O)O)ccc2c1. The van der Waals surface area contributed by atoms with Gasteiger partial charge in [0.05, 0.1) is 4.90 Å². The molecule has 4 nitrogen and oxygen atoms in total.